The van der Waals surface area contributed by atoms with Crippen LogP contribution in [0.3, 0.4) is 0 Å². The lowest BCUT2D eigenvalue weighted by atomic mass is 10.1. The Bertz CT molecular complexity index is 390. The molecule has 0 aliphatic heterocycles. The fraction of sp³-hybridized carbons (Fsp3) is 0.533. The number of carbonyl (C=O) groups excluding carboxylic acids is 1. The van der Waals surface area contributed by atoms with Gasteiger partial charge in [-0.25, -0.2) is 0 Å². The Morgan fingerprint density at radius 3 is 2.44 bits per heavy atom. The summed E-state index contributed by atoms with van der Waals surface area (Å²) in [7, 11) is 1.83. The van der Waals surface area contributed by atoms with Gasteiger partial charge in [0.1, 0.15) is 0 Å². The van der Waals surface area contributed by atoms with E-state index >= 15 is 0 Å². The lowest BCUT2D eigenvalue weighted by molar-refractivity contribution is -0.131. The molecular formula is C15H24N2O. The molecule has 0 radical (unpaired) electrons. The second-order valence-electron chi connectivity index (χ2n) is 4.58. The van der Waals surface area contributed by atoms with Crippen molar-refractivity contribution in [1.82, 2.24) is 10.2 Å². The van der Waals surface area contributed by atoms with E-state index in [9.17, 15) is 4.79 Å². The van der Waals surface area contributed by atoms with Crippen molar-refractivity contribution in [2.24, 2.45) is 0 Å². The lowest BCUT2D eigenvalue weighted by Crippen LogP contribution is -2.42. The fourth-order valence-electron chi connectivity index (χ4n) is 1.91. The number of aryl methyl sites for hydroxylation is 1. The number of nitrogens with one attached hydrogen (secondary N) is 1. The molecule has 1 amide bonds. The lowest BCUT2D eigenvalue weighted by Gasteiger charge is -2.21. The van der Waals surface area contributed by atoms with Gasteiger partial charge in [-0.15, -0.1) is 0 Å². The van der Waals surface area contributed by atoms with E-state index in [-0.39, 0.29) is 11.9 Å². The summed E-state index contributed by atoms with van der Waals surface area (Å²) >= 11 is 0. The third-order valence-corrected chi connectivity index (χ3v) is 3.32. The summed E-state index contributed by atoms with van der Waals surface area (Å²) in [5, 5.41) is 3.30. The van der Waals surface area contributed by atoms with Gasteiger partial charge in [0.2, 0.25) is 5.91 Å². The summed E-state index contributed by atoms with van der Waals surface area (Å²) < 4.78 is 0. The molecular weight excluding hydrogens is 224 g/mol. The van der Waals surface area contributed by atoms with E-state index in [4.69, 9.17) is 0 Å². The Balaban J connectivity index is 2.57. The summed E-state index contributed by atoms with van der Waals surface area (Å²) in [4.78, 5) is 13.7. The number of hydrogen-bond acceptors (Lipinski definition) is 2. The summed E-state index contributed by atoms with van der Waals surface area (Å²) in [6.45, 7) is 7.54. The highest BCUT2D eigenvalue weighted by atomic mass is 16.2. The van der Waals surface area contributed by atoms with E-state index in [1.54, 1.807) is 4.90 Å². The van der Waals surface area contributed by atoms with E-state index in [1.807, 2.05) is 27.0 Å². The molecule has 0 spiro atoms. The van der Waals surface area contributed by atoms with Gasteiger partial charge in [0.05, 0.1) is 6.04 Å². The summed E-state index contributed by atoms with van der Waals surface area (Å²) in [5.41, 5.74) is 2.62. The second kappa shape index (κ2) is 7.17. The van der Waals surface area contributed by atoms with Gasteiger partial charge in [-0.1, -0.05) is 31.2 Å². The van der Waals surface area contributed by atoms with Gasteiger partial charge in [0.25, 0.3) is 0 Å². The van der Waals surface area contributed by atoms with Crippen LogP contribution in [0.25, 0.3) is 0 Å². The third-order valence-electron chi connectivity index (χ3n) is 3.32. The van der Waals surface area contributed by atoms with E-state index in [0.717, 1.165) is 19.5 Å². The third kappa shape index (κ3) is 3.84. The quantitative estimate of drug-likeness (QED) is 0.837. The van der Waals surface area contributed by atoms with Crippen LogP contribution in [0.15, 0.2) is 24.3 Å². The highest BCUT2D eigenvalue weighted by Crippen LogP contribution is 2.09. The highest BCUT2D eigenvalue weighted by molar-refractivity contribution is 5.81. The molecule has 1 rings (SSSR count). The van der Waals surface area contributed by atoms with Gasteiger partial charge in [-0.2, -0.15) is 0 Å². The topological polar surface area (TPSA) is 32.3 Å². The largest absolute Gasteiger partial charge is 0.345 e. The zero-order valence-electron chi connectivity index (χ0n) is 11.9. The van der Waals surface area contributed by atoms with Crippen molar-refractivity contribution in [3.63, 3.8) is 0 Å². The molecule has 0 fully saturated rings. The van der Waals surface area contributed by atoms with E-state index < -0.39 is 0 Å². The van der Waals surface area contributed by atoms with Crippen LogP contribution in [0.4, 0.5) is 0 Å². The molecule has 0 bridgehead atoms. The van der Waals surface area contributed by atoms with Gasteiger partial charge in [-0.3, -0.25) is 4.79 Å². The predicted molar refractivity (Wildman–Crippen MR) is 75.4 cm³/mol. The molecule has 1 aromatic carbocycles. The van der Waals surface area contributed by atoms with Gasteiger partial charge in [0, 0.05) is 20.1 Å². The first-order valence-corrected chi connectivity index (χ1v) is 6.65. The van der Waals surface area contributed by atoms with Gasteiger partial charge in [0.15, 0.2) is 0 Å². The van der Waals surface area contributed by atoms with Crippen LogP contribution < -0.4 is 5.32 Å². The van der Waals surface area contributed by atoms with Gasteiger partial charge >= 0.3 is 0 Å². The van der Waals surface area contributed by atoms with Crippen molar-refractivity contribution >= 4 is 5.91 Å². The average molecular weight is 248 g/mol. The van der Waals surface area contributed by atoms with Crippen molar-refractivity contribution in [2.45, 2.75) is 39.8 Å². The maximum Gasteiger partial charge on any atom is 0.239 e. The zero-order valence-corrected chi connectivity index (χ0v) is 11.9. The first-order valence-electron chi connectivity index (χ1n) is 6.65. The average Bonchev–Trinajstić information content (AvgIpc) is 2.43. The molecule has 0 saturated heterocycles. The number of benzene rings is 1. The summed E-state index contributed by atoms with van der Waals surface area (Å²) in [6, 6.07) is 8.22. The normalized spacial score (nSPS) is 12.2. The van der Waals surface area contributed by atoms with E-state index in [0.29, 0.717) is 0 Å². The smallest absolute Gasteiger partial charge is 0.239 e. The molecule has 100 valence electrons. The predicted octanol–water partition coefficient (Wildman–Crippen LogP) is 2.21. The summed E-state index contributed by atoms with van der Waals surface area (Å²) in [5.74, 6) is 0.145. The molecule has 3 heteroatoms. The molecule has 18 heavy (non-hydrogen) atoms. The Hall–Kier alpha value is -1.35. The molecule has 0 heterocycles. The molecule has 0 aromatic heterocycles. The maximum atomic E-state index is 11.9. The van der Waals surface area contributed by atoms with E-state index in [1.165, 1.54) is 11.1 Å². The maximum absolute atomic E-state index is 11.9. The van der Waals surface area contributed by atoms with Crippen molar-refractivity contribution in [3.8, 4) is 0 Å². The minimum atomic E-state index is -0.139. The standard InChI is InChI=1S/C15H24N2O/c1-5-13-9-7-8-10-14(13)11-16-12(3)15(18)17(4)6-2/h7-10,12,16H,5-6,11H2,1-4H3. The molecule has 1 N–H and O–H groups in total. The molecule has 1 unspecified atom stereocenters. The van der Waals surface area contributed by atoms with Crippen molar-refractivity contribution in [2.75, 3.05) is 13.6 Å². The molecule has 1 aromatic rings. The van der Waals surface area contributed by atoms with Crippen LogP contribution in [0.1, 0.15) is 31.9 Å². The van der Waals surface area contributed by atoms with Crippen LogP contribution in [0.5, 0.6) is 0 Å². The Kier molecular flexibility index (Phi) is 5.86. The molecule has 0 aliphatic carbocycles. The number of amides is 1. The molecule has 0 saturated carbocycles. The Morgan fingerprint density at radius 2 is 1.89 bits per heavy atom. The monoisotopic (exact) mass is 248 g/mol. The van der Waals surface area contributed by atoms with Crippen LogP contribution >= 0.6 is 0 Å². The van der Waals surface area contributed by atoms with Crippen molar-refractivity contribution in [1.29, 1.82) is 0 Å². The minimum Gasteiger partial charge on any atom is -0.345 e. The zero-order chi connectivity index (χ0) is 13.5. The highest BCUT2D eigenvalue weighted by Gasteiger charge is 2.15. The van der Waals surface area contributed by atoms with Crippen LogP contribution in [0.2, 0.25) is 0 Å². The van der Waals surface area contributed by atoms with Crippen LogP contribution in [-0.4, -0.2) is 30.4 Å². The number of rotatable bonds is 6. The van der Waals surface area contributed by atoms with Gasteiger partial charge < -0.3 is 10.2 Å². The number of hydrogen-bond donors (Lipinski definition) is 1. The molecule has 1 atom stereocenters. The minimum absolute atomic E-state index is 0.139. The fourth-order valence-corrected chi connectivity index (χ4v) is 1.91. The summed E-state index contributed by atoms with van der Waals surface area (Å²) in [6.07, 6.45) is 1.02. The van der Waals surface area contributed by atoms with Gasteiger partial charge in [-0.05, 0) is 31.4 Å². The molecule has 0 aliphatic rings. The first kappa shape index (κ1) is 14.7. The molecule has 3 nitrogen and oxygen atoms in total. The number of carbonyl (C=O) groups is 1. The van der Waals surface area contributed by atoms with Crippen LogP contribution in [-0.2, 0) is 17.8 Å². The second-order valence-corrected chi connectivity index (χ2v) is 4.58. The SMILES string of the molecule is CCc1ccccc1CNC(C)C(=O)N(C)CC. The van der Waals surface area contributed by atoms with Crippen molar-refractivity contribution < 1.29 is 4.79 Å². The Labute approximate surface area is 110 Å². The van der Waals surface area contributed by atoms with Crippen molar-refractivity contribution in [3.05, 3.63) is 35.4 Å². The Morgan fingerprint density at radius 1 is 1.28 bits per heavy atom. The first-order chi connectivity index (χ1) is 8.60. The van der Waals surface area contributed by atoms with Crippen LogP contribution in [0, 0.1) is 0 Å². The number of nitrogens with zero attached hydrogens (tertiary/aromatic N) is 1. The van der Waals surface area contributed by atoms with E-state index in [2.05, 4.69) is 30.4 Å². The number of likely N-dealkylation sites (N-methyl/N-ethyl adjacent to an activating group) is 1.